The molecule has 4 rings (SSSR count). The van der Waals surface area contributed by atoms with Gasteiger partial charge in [0.15, 0.2) is 0 Å². The van der Waals surface area contributed by atoms with Gasteiger partial charge in [0.05, 0.1) is 4.90 Å². The van der Waals surface area contributed by atoms with E-state index in [9.17, 15) is 17.6 Å². The Hall–Kier alpha value is -2.40. The van der Waals surface area contributed by atoms with Crippen molar-refractivity contribution in [3.63, 3.8) is 0 Å². The van der Waals surface area contributed by atoms with Crippen LogP contribution in [0.4, 0.5) is 10.1 Å². The van der Waals surface area contributed by atoms with Crippen molar-refractivity contribution in [1.82, 2.24) is 14.5 Å². The predicted molar refractivity (Wildman–Crippen MR) is 116 cm³/mol. The standard InChI is InChI=1S/C20H18ClFN4O3S2/c21-14-5-1-8-17(10-14)31(28,29)26-9-3-4-13(12-26)19-24-25-20(30-19)18(27)23-16-7-2-6-15(22)11-16/h1-2,5-8,10-11,13H,3-4,9,12H2,(H,23,27)/t13-/m0/s1. The van der Waals surface area contributed by atoms with Gasteiger partial charge < -0.3 is 5.32 Å². The average molecular weight is 481 g/mol. The number of carbonyl (C=O) groups is 1. The SMILES string of the molecule is O=C(Nc1cccc(F)c1)c1nnc([C@H]2CCCN(S(=O)(=O)c3cccc(Cl)c3)C2)s1. The second-order valence-corrected chi connectivity index (χ2v) is 10.5. The number of nitrogens with one attached hydrogen (secondary N) is 1. The third kappa shape index (κ3) is 4.93. The Balaban J connectivity index is 1.48. The summed E-state index contributed by atoms with van der Waals surface area (Å²) in [5, 5.41) is 11.7. The summed E-state index contributed by atoms with van der Waals surface area (Å²) in [5.74, 6) is -1.12. The molecule has 1 N–H and O–H groups in total. The number of amides is 1. The molecule has 2 aromatic carbocycles. The summed E-state index contributed by atoms with van der Waals surface area (Å²) in [6.45, 7) is 0.645. The minimum absolute atomic E-state index is 0.133. The number of halogens is 2. The van der Waals surface area contributed by atoms with Crippen molar-refractivity contribution >= 4 is 44.6 Å². The van der Waals surface area contributed by atoms with Crippen molar-refractivity contribution in [1.29, 1.82) is 0 Å². The van der Waals surface area contributed by atoms with Crippen molar-refractivity contribution < 1.29 is 17.6 Å². The third-order valence-electron chi connectivity index (χ3n) is 4.88. The predicted octanol–water partition coefficient (Wildman–Crippen LogP) is 4.15. The highest BCUT2D eigenvalue weighted by atomic mass is 35.5. The molecule has 1 saturated heterocycles. The summed E-state index contributed by atoms with van der Waals surface area (Å²) in [7, 11) is -3.69. The topological polar surface area (TPSA) is 92.3 Å². The average Bonchev–Trinajstić information content (AvgIpc) is 3.24. The van der Waals surface area contributed by atoms with Crippen LogP contribution >= 0.6 is 22.9 Å². The van der Waals surface area contributed by atoms with Gasteiger partial charge in [0.2, 0.25) is 15.0 Å². The van der Waals surface area contributed by atoms with Crippen LogP contribution in [0.1, 0.15) is 33.6 Å². The Morgan fingerprint density at radius 1 is 1.19 bits per heavy atom. The van der Waals surface area contributed by atoms with E-state index in [1.165, 1.54) is 34.6 Å². The second-order valence-electron chi connectivity index (χ2n) is 7.07. The smallest absolute Gasteiger partial charge is 0.286 e. The van der Waals surface area contributed by atoms with Gasteiger partial charge in [0, 0.05) is 29.7 Å². The van der Waals surface area contributed by atoms with Gasteiger partial charge in [-0.05, 0) is 49.2 Å². The molecule has 1 amide bonds. The van der Waals surface area contributed by atoms with E-state index in [1.54, 1.807) is 18.2 Å². The first kappa shape index (κ1) is 21.8. The molecule has 0 spiro atoms. The maximum atomic E-state index is 13.3. The number of benzene rings is 2. The van der Waals surface area contributed by atoms with E-state index in [-0.39, 0.29) is 22.4 Å². The zero-order chi connectivity index (χ0) is 22.0. The van der Waals surface area contributed by atoms with Crippen molar-refractivity contribution in [3.8, 4) is 0 Å². The highest BCUT2D eigenvalue weighted by molar-refractivity contribution is 7.89. The lowest BCUT2D eigenvalue weighted by Crippen LogP contribution is -2.39. The van der Waals surface area contributed by atoms with E-state index in [4.69, 9.17) is 11.6 Å². The van der Waals surface area contributed by atoms with Crippen LogP contribution in [-0.4, -0.2) is 41.9 Å². The molecule has 1 aliphatic rings. The van der Waals surface area contributed by atoms with E-state index < -0.39 is 21.7 Å². The number of aromatic nitrogens is 2. The maximum absolute atomic E-state index is 13.3. The zero-order valence-electron chi connectivity index (χ0n) is 16.2. The maximum Gasteiger partial charge on any atom is 0.286 e. The highest BCUT2D eigenvalue weighted by Crippen LogP contribution is 2.32. The fourth-order valence-corrected chi connectivity index (χ4v) is 6.07. The van der Waals surface area contributed by atoms with Crippen LogP contribution < -0.4 is 5.32 Å². The first-order chi connectivity index (χ1) is 14.8. The summed E-state index contributed by atoms with van der Waals surface area (Å²) in [6, 6.07) is 11.7. The number of hydrogen-bond donors (Lipinski definition) is 1. The molecule has 31 heavy (non-hydrogen) atoms. The van der Waals surface area contributed by atoms with Gasteiger partial charge >= 0.3 is 0 Å². The summed E-state index contributed by atoms with van der Waals surface area (Å²) in [4.78, 5) is 12.6. The summed E-state index contributed by atoms with van der Waals surface area (Å²) >= 11 is 7.07. The molecular formula is C20H18ClFN4O3S2. The van der Waals surface area contributed by atoms with Crippen LogP contribution in [-0.2, 0) is 10.0 Å². The van der Waals surface area contributed by atoms with Crippen molar-refractivity contribution in [3.05, 3.63) is 69.4 Å². The number of rotatable bonds is 5. The molecule has 2 heterocycles. The van der Waals surface area contributed by atoms with Gasteiger partial charge in [-0.15, -0.1) is 10.2 Å². The van der Waals surface area contributed by atoms with Crippen molar-refractivity contribution in [2.24, 2.45) is 0 Å². The van der Waals surface area contributed by atoms with Crippen LogP contribution in [0, 0.1) is 5.82 Å². The quantitative estimate of drug-likeness (QED) is 0.592. The highest BCUT2D eigenvalue weighted by Gasteiger charge is 2.33. The molecular weight excluding hydrogens is 463 g/mol. The number of anilines is 1. The van der Waals surface area contributed by atoms with Gasteiger partial charge in [-0.3, -0.25) is 4.79 Å². The number of carbonyl (C=O) groups excluding carboxylic acids is 1. The second kappa shape index (κ2) is 8.99. The monoisotopic (exact) mass is 480 g/mol. The minimum Gasteiger partial charge on any atom is -0.320 e. The lowest BCUT2D eigenvalue weighted by atomic mass is 10.0. The van der Waals surface area contributed by atoms with Gasteiger partial charge in [0.1, 0.15) is 10.8 Å². The summed E-state index contributed by atoms with van der Waals surface area (Å²) in [5.41, 5.74) is 0.318. The van der Waals surface area contributed by atoms with Gasteiger partial charge in [-0.1, -0.05) is 35.1 Å². The Morgan fingerprint density at radius 2 is 2.00 bits per heavy atom. The molecule has 0 saturated carbocycles. The number of hydrogen-bond acceptors (Lipinski definition) is 6. The Morgan fingerprint density at radius 3 is 2.77 bits per heavy atom. The van der Waals surface area contributed by atoms with Crippen LogP contribution in [0.3, 0.4) is 0 Å². The zero-order valence-corrected chi connectivity index (χ0v) is 18.6. The van der Waals surface area contributed by atoms with Crippen molar-refractivity contribution in [2.75, 3.05) is 18.4 Å². The molecule has 1 atom stereocenters. The van der Waals surface area contributed by atoms with Gasteiger partial charge in [0.25, 0.3) is 5.91 Å². The van der Waals surface area contributed by atoms with E-state index in [0.717, 1.165) is 17.8 Å². The lowest BCUT2D eigenvalue weighted by Gasteiger charge is -2.30. The van der Waals surface area contributed by atoms with Gasteiger partial charge in [-0.2, -0.15) is 4.31 Å². The largest absolute Gasteiger partial charge is 0.320 e. The lowest BCUT2D eigenvalue weighted by molar-refractivity contribution is 0.102. The van der Waals surface area contributed by atoms with Crippen LogP contribution in [0.2, 0.25) is 5.02 Å². The Bertz CT molecular complexity index is 1220. The molecule has 3 aromatic rings. The normalized spacial score (nSPS) is 17.4. The molecule has 1 aliphatic heterocycles. The van der Waals surface area contributed by atoms with E-state index in [1.807, 2.05) is 0 Å². The van der Waals surface area contributed by atoms with Crippen LogP contribution in [0.5, 0.6) is 0 Å². The molecule has 11 heteroatoms. The first-order valence-electron chi connectivity index (χ1n) is 9.49. The molecule has 0 bridgehead atoms. The summed E-state index contributed by atoms with van der Waals surface area (Å²) < 4.78 is 40.7. The fraction of sp³-hybridized carbons (Fsp3) is 0.250. The minimum atomic E-state index is -3.69. The van der Waals surface area contributed by atoms with E-state index in [2.05, 4.69) is 15.5 Å². The third-order valence-corrected chi connectivity index (χ3v) is 8.07. The van der Waals surface area contributed by atoms with Crippen LogP contribution in [0.15, 0.2) is 53.4 Å². The molecule has 0 unspecified atom stereocenters. The number of piperidine rings is 1. The molecule has 1 fully saturated rings. The molecule has 1 aromatic heterocycles. The Labute approximate surface area is 187 Å². The molecule has 7 nitrogen and oxygen atoms in total. The Kier molecular flexibility index (Phi) is 6.33. The number of nitrogens with zero attached hydrogens (tertiary/aromatic N) is 3. The molecule has 162 valence electrons. The first-order valence-corrected chi connectivity index (χ1v) is 12.1. The van der Waals surface area contributed by atoms with E-state index >= 15 is 0 Å². The van der Waals surface area contributed by atoms with Crippen molar-refractivity contribution in [2.45, 2.75) is 23.7 Å². The van der Waals surface area contributed by atoms with Crippen LogP contribution in [0.25, 0.3) is 0 Å². The summed E-state index contributed by atoms with van der Waals surface area (Å²) in [6.07, 6.45) is 1.40. The molecule has 0 radical (unpaired) electrons. The van der Waals surface area contributed by atoms with Gasteiger partial charge in [-0.25, -0.2) is 12.8 Å². The van der Waals surface area contributed by atoms with E-state index in [0.29, 0.717) is 28.7 Å². The fourth-order valence-electron chi connectivity index (χ4n) is 3.38. The number of sulfonamides is 1. The molecule has 0 aliphatic carbocycles.